The van der Waals surface area contributed by atoms with Crippen LogP contribution in [-0.4, -0.2) is 48.8 Å². The first-order chi connectivity index (χ1) is 15.9. The van der Waals surface area contributed by atoms with Crippen LogP contribution in [0.15, 0.2) is 78.0 Å². The van der Waals surface area contributed by atoms with Crippen molar-refractivity contribution >= 4 is 11.4 Å². The SMILES string of the molecule is Cc1ccc(-c2ccccc2)cc1C(=O)N1CCC(O)(Cn2cnn3cccc3c2=O)CC1. The van der Waals surface area contributed by atoms with Crippen molar-refractivity contribution in [2.45, 2.75) is 31.9 Å². The first-order valence-corrected chi connectivity index (χ1v) is 11.1. The molecule has 0 aliphatic carbocycles. The summed E-state index contributed by atoms with van der Waals surface area (Å²) in [5, 5.41) is 15.4. The molecule has 1 aliphatic heterocycles. The molecule has 7 heteroatoms. The minimum absolute atomic E-state index is 0.0271. The van der Waals surface area contributed by atoms with Gasteiger partial charge in [-0.25, -0.2) is 4.52 Å². The maximum atomic E-state index is 13.3. The van der Waals surface area contributed by atoms with E-state index in [4.69, 9.17) is 0 Å². The second kappa shape index (κ2) is 8.33. The molecular weight excluding hydrogens is 416 g/mol. The number of hydrogen-bond acceptors (Lipinski definition) is 4. The summed E-state index contributed by atoms with van der Waals surface area (Å²) in [6.07, 6.45) is 3.97. The highest BCUT2D eigenvalue weighted by molar-refractivity contribution is 5.97. The van der Waals surface area contributed by atoms with Crippen LogP contribution < -0.4 is 5.56 Å². The van der Waals surface area contributed by atoms with Crippen molar-refractivity contribution in [3.63, 3.8) is 0 Å². The highest BCUT2D eigenvalue weighted by Gasteiger charge is 2.35. The number of benzene rings is 2. The van der Waals surface area contributed by atoms with Crippen LogP contribution in [0.1, 0.15) is 28.8 Å². The summed E-state index contributed by atoms with van der Waals surface area (Å²) in [5.74, 6) is -0.0271. The Hall–Kier alpha value is -3.71. The molecule has 7 nitrogen and oxygen atoms in total. The van der Waals surface area contributed by atoms with Gasteiger partial charge in [-0.2, -0.15) is 5.10 Å². The van der Waals surface area contributed by atoms with Gasteiger partial charge < -0.3 is 10.0 Å². The largest absolute Gasteiger partial charge is 0.388 e. The molecule has 168 valence electrons. The summed E-state index contributed by atoms with van der Waals surface area (Å²) in [6.45, 7) is 2.96. The zero-order chi connectivity index (χ0) is 23.0. The molecule has 1 amide bonds. The first-order valence-electron chi connectivity index (χ1n) is 11.1. The molecule has 5 rings (SSSR count). The van der Waals surface area contributed by atoms with Crippen molar-refractivity contribution < 1.29 is 9.90 Å². The number of fused-ring (bicyclic) bond motifs is 1. The number of rotatable bonds is 4. The van der Waals surface area contributed by atoms with Gasteiger partial charge in [-0.05, 0) is 54.7 Å². The number of likely N-dealkylation sites (tertiary alicyclic amines) is 1. The monoisotopic (exact) mass is 442 g/mol. The van der Waals surface area contributed by atoms with E-state index in [0.717, 1.165) is 16.7 Å². The van der Waals surface area contributed by atoms with Gasteiger partial charge in [0.2, 0.25) is 0 Å². The average Bonchev–Trinajstić information content (AvgIpc) is 3.32. The number of amides is 1. The summed E-state index contributed by atoms with van der Waals surface area (Å²) in [6, 6.07) is 19.4. The molecular formula is C26H26N4O3. The van der Waals surface area contributed by atoms with Gasteiger partial charge in [-0.3, -0.25) is 14.2 Å². The number of hydrogen-bond donors (Lipinski definition) is 1. The van der Waals surface area contributed by atoms with E-state index in [9.17, 15) is 14.7 Å². The molecule has 1 N–H and O–H groups in total. The molecule has 1 fully saturated rings. The molecule has 2 aromatic carbocycles. The number of aliphatic hydroxyl groups is 1. The van der Waals surface area contributed by atoms with E-state index >= 15 is 0 Å². The van der Waals surface area contributed by atoms with Crippen molar-refractivity contribution in [2.24, 2.45) is 0 Å². The van der Waals surface area contributed by atoms with E-state index in [1.165, 1.54) is 15.4 Å². The van der Waals surface area contributed by atoms with Crippen LogP contribution in [0.25, 0.3) is 16.6 Å². The van der Waals surface area contributed by atoms with Crippen molar-refractivity contribution in [1.82, 2.24) is 19.1 Å². The maximum absolute atomic E-state index is 13.3. The molecule has 2 aromatic heterocycles. The quantitative estimate of drug-likeness (QED) is 0.527. The van der Waals surface area contributed by atoms with Crippen LogP contribution in [0.3, 0.4) is 0 Å². The Balaban J connectivity index is 1.31. The Morgan fingerprint density at radius 3 is 2.55 bits per heavy atom. The van der Waals surface area contributed by atoms with Crippen LogP contribution in [0, 0.1) is 6.92 Å². The Morgan fingerprint density at radius 2 is 1.79 bits per heavy atom. The van der Waals surface area contributed by atoms with Crippen molar-refractivity contribution in [3.05, 3.63) is 94.7 Å². The fourth-order valence-electron chi connectivity index (χ4n) is 4.51. The van der Waals surface area contributed by atoms with Gasteiger partial charge in [0.05, 0.1) is 12.1 Å². The Bertz CT molecular complexity index is 1370. The molecule has 0 spiro atoms. The lowest BCUT2D eigenvalue weighted by Crippen LogP contribution is -2.49. The molecule has 0 unspecified atom stereocenters. The van der Waals surface area contributed by atoms with E-state index in [1.807, 2.05) is 55.5 Å². The number of carbonyl (C=O) groups excluding carboxylic acids is 1. The van der Waals surface area contributed by atoms with Crippen molar-refractivity contribution in [2.75, 3.05) is 13.1 Å². The summed E-state index contributed by atoms with van der Waals surface area (Å²) in [5.41, 5.74) is 2.91. The Labute approximate surface area is 191 Å². The number of aromatic nitrogens is 3. The zero-order valence-electron chi connectivity index (χ0n) is 18.5. The molecule has 0 saturated carbocycles. The highest BCUT2D eigenvalue weighted by atomic mass is 16.3. The maximum Gasteiger partial charge on any atom is 0.277 e. The lowest BCUT2D eigenvalue weighted by Gasteiger charge is -2.38. The van der Waals surface area contributed by atoms with Gasteiger partial charge in [0.1, 0.15) is 11.8 Å². The number of aryl methyl sites for hydroxylation is 1. The fraction of sp³-hybridized carbons (Fsp3) is 0.269. The van der Waals surface area contributed by atoms with E-state index < -0.39 is 5.60 Å². The van der Waals surface area contributed by atoms with Crippen LogP contribution >= 0.6 is 0 Å². The number of piperidine rings is 1. The minimum Gasteiger partial charge on any atom is -0.388 e. The van der Waals surface area contributed by atoms with Gasteiger partial charge in [0.25, 0.3) is 11.5 Å². The third-order valence-electron chi connectivity index (χ3n) is 6.54. The van der Waals surface area contributed by atoms with Gasteiger partial charge in [-0.15, -0.1) is 0 Å². The normalized spacial score (nSPS) is 15.6. The van der Waals surface area contributed by atoms with E-state index in [1.54, 1.807) is 23.2 Å². The summed E-state index contributed by atoms with van der Waals surface area (Å²) < 4.78 is 2.98. The fourth-order valence-corrected chi connectivity index (χ4v) is 4.51. The standard InChI is InChI=1S/C26H26N4O3/c1-19-9-10-21(20-6-3-2-4-7-20)16-22(19)24(31)28-14-11-26(33,12-15-28)17-29-18-27-30-13-5-8-23(30)25(29)32/h2-10,13,16,18,33H,11-12,14-15,17H2,1H3. The highest BCUT2D eigenvalue weighted by Crippen LogP contribution is 2.27. The van der Waals surface area contributed by atoms with Crippen LogP contribution in [-0.2, 0) is 6.54 Å². The molecule has 33 heavy (non-hydrogen) atoms. The third kappa shape index (κ3) is 4.07. The molecule has 4 aromatic rings. The predicted octanol–water partition coefficient (Wildman–Crippen LogP) is 3.14. The topological polar surface area (TPSA) is 79.8 Å². The van der Waals surface area contributed by atoms with Crippen LogP contribution in [0.2, 0.25) is 0 Å². The summed E-state index contributed by atoms with van der Waals surface area (Å²) in [7, 11) is 0. The minimum atomic E-state index is -1.06. The molecule has 0 radical (unpaired) electrons. The van der Waals surface area contributed by atoms with Crippen molar-refractivity contribution in [1.29, 1.82) is 0 Å². The third-order valence-corrected chi connectivity index (χ3v) is 6.54. The Kier molecular flexibility index (Phi) is 5.34. The summed E-state index contributed by atoms with van der Waals surface area (Å²) >= 11 is 0. The number of carbonyl (C=O) groups is 1. The second-order valence-electron chi connectivity index (χ2n) is 8.81. The van der Waals surface area contributed by atoms with Crippen LogP contribution in [0.5, 0.6) is 0 Å². The van der Waals surface area contributed by atoms with E-state index in [2.05, 4.69) is 5.10 Å². The zero-order valence-corrected chi connectivity index (χ0v) is 18.5. The molecule has 0 atom stereocenters. The molecule has 1 aliphatic rings. The van der Waals surface area contributed by atoms with Gasteiger partial charge >= 0.3 is 0 Å². The molecule has 3 heterocycles. The summed E-state index contributed by atoms with van der Waals surface area (Å²) in [4.78, 5) is 27.8. The van der Waals surface area contributed by atoms with Crippen LogP contribution in [0.4, 0.5) is 0 Å². The predicted molar refractivity (Wildman–Crippen MR) is 126 cm³/mol. The molecule has 0 bridgehead atoms. The first kappa shape index (κ1) is 21.2. The smallest absolute Gasteiger partial charge is 0.277 e. The lowest BCUT2D eigenvalue weighted by atomic mass is 9.90. The van der Waals surface area contributed by atoms with Gasteiger partial charge in [0, 0.05) is 24.8 Å². The molecule has 1 saturated heterocycles. The van der Waals surface area contributed by atoms with Gasteiger partial charge in [0.15, 0.2) is 0 Å². The Morgan fingerprint density at radius 1 is 1.03 bits per heavy atom. The van der Waals surface area contributed by atoms with E-state index in [0.29, 0.717) is 37.0 Å². The van der Waals surface area contributed by atoms with Crippen molar-refractivity contribution in [3.8, 4) is 11.1 Å². The second-order valence-corrected chi connectivity index (χ2v) is 8.81. The lowest BCUT2D eigenvalue weighted by molar-refractivity contribution is -0.0300. The van der Waals surface area contributed by atoms with Gasteiger partial charge in [-0.1, -0.05) is 42.5 Å². The average molecular weight is 443 g/mol. The van der Waals surface area contributed by atoms with E-state index in [-0.39, 0.29) is 18.0 Å². The number of nitrogens with zero attached hydrogens (tertiary/aromatic N) is 4.